The number of nitrogens with zero attached hydrogens (tertiary/aromatic N) is 4. The molecule has 1 fully saturated rings. The third-order valence-electron chi connectivity index (χ3n) is 4.07. The zero-order valence-electron chi connectivity index (χ0n) is 13.0. The van der Waals surface area contributed by atoms with Gasteiger partial charge in [-0.25, -0.2) is 4.98 Å². The third-order valence-corrected chi connectivity index (χ3v) is 4.07. The van der Waals surface area contributed by atoms with Crippen molar-refractivity contribution in [2.24, 2.45) is 0 Å². The Labute approximate surface area is 125 Å². The van der Waals surface area contributed by atoms with E-state index in [0.717, 1.165) is 19.6 Å². The Balaban J connectivity index is 2.36. The highest BCUT2D eigenvalue weighted by molar-refractivity contribution is 5.62. The average Bonchev–Trinajstić information content (AvgIpc) is 2.44. The summed E-state index contributed by atoms with van der Waals surface area (Å²) in [6, 6.07) is 3.86. The molecular formula is C14H23N5O2. The molecule has 0 spiro atoms. The fourth-order valence-corrected chi connectivity index (χ4v) is 2.67. The van der Waals surface area contributed by atoms with Crippen LogP contribution in [-0.4, -0.2) is 53.6 Å². The molecule has 7 nitrogen and oxygen atoms in total. The molecule has 2 rings (SSSR count). The number of rotatable bonds is 4. The normalized spacial score (nSPS) is 23.1. The summed E-state index contributed by atoms with van der Waals surface area (Å²) in [4.78, 5) is 19.7. The molecule has 1 N–H and O–H groups in total. The maximum absolute atomic E-state index is 11.3. The van der Waals surface area contributed by atoms with Crippen LogP contribution in [0.25, 0.3) is 0 Å². The van der Waals surface area contributed by atoms with Gasteiger partial charge in [0.1, 0.15) is 5.82 Å². The number of likely N-dealkylation sites (N-methyl/N-ethyl adjacent to an activating group) is 1. The molecule has 1 aliphatic heterocycles. The summed E-state index contributed by atoms with van der Waals surface area (Å²) in [6.45, 7) is 8.45. The predicted octanol–water partition coefficient (Wildman–Crippen LogP) is 1.95. The summed E-state index contributed by atoms with van der Waals surface area (Å²) in [5.74, 6) is 1.14. The van der Waals surface area contributed by atoms with Crippen LogP contribution in [0.1, 0.15) is 20.8 Å². The SMILES string of the molecule is CCNc1ccc([N+](=O)[O-])c(N2CC(C)N(C)C(C)C2)n1. The molecule has 2 heterocycles. The van der Waals surface area contributed by atoms with Gasteiger partial charge in [0.15, 0.2) is 0 Å². The van der Waals surface area contributed by atoms with Crippen molar-refractivity contribution < 1.29 is 4.92 Å². The van der Waals surface area contributed by atoms with Gasteiger partial charge in [-0.2, -0.15) is 0 Å². The fourth-order valence-electron chi connectivity index (χ4n) is 2.67. The van der Waals surface area contributed by atoms with Crippen LogP contribution in [0.5, 0.6) is 0 Å². The van der Waals surface area contributed by atoms with Crippen molar-refractivity contribution in [2.45, 2.75) is 32.9 Å². The van der Waals surface area contributed by atoms with Crippen molar-refractivity contribution in [1.29, 1.82) is 0 Å². The van der Waals surface area contributed by atoms with Gasteiger partial charge in [-0.3, -0.25) is 15.0 Å². The molecule has 1 aromatic rings. The number of nitrogens with one attached hydrogen (secondary N) is 1. The summed E-state index contributed by atoms with van der Waals surface area (Å²) in [5, 5.41) is 14.4. The molecule has 116 valence electrons. The van der Waals surface area contributed by atoms with E-state index in [1.165, 1.54) is 6.07 Å². The minimum absolute atomic E-state index is 0.0700. The molecule has 7 heteroatoms. The van der Waals surface area contributed by atoms with Gasteiger partial charge < -0.3 is 10.2 Å². The molecule has 2 atom stereocenters. The van der Waals surface area contributed by atoms with Crippen LogP contribution in [-0.2, 0) is 0 Å². The van der Waals surface area contributed by atoms with Gasteiger partial charge in [0.2, 0.25) is 5.82 Å². The number of anilines is 2. The van der Waals surface area contributed by atoms with Crippen LogP contribution in [0.3, 0.4) is 0 Å². The Kier molecular flexibility index (Phi) is 4.62. The quantitative estimate of drug-likeness (QED) is 0.675. The second kappa shape index (κ2) is 6.26. The standard InChI is InChI=1S/C14H23N5O2/c1-5-15-13-7-6-12(19(20)21)14(16-13)18-8-10(2)17(4)11(3)9-18/h6-7,10-11H,5,8-9H2,1-4H3,(H,15,16). The Hall–Kier alpha value is -1.89. The van der Waals surface area contributed by atoms with Gasteiger partial charge >= 0.3 is 5.69 Å². The average molecular weight is 293 g/mol. The maximum atomic E-state index is 11.3. The number of piperazine rings is 1. The second-order valence-electron chi connectivity index (χ2n) is 5.60. The van der Waals surface area contributed by atoms with Crippen molar-refractivity contribution in [2.75, 3.05) is 36.9 Å². The Morgan fingerprint density at radius 3 is 2.52 bits per heavy atom. The summed E-state index contributed by atoms with van der Waals surface area (Å²) in [6.07, 6.45) is 0. The van der Waals surface area contributed by atoms with Gasteiger partial charge in [0, 0.05) is 37.8 Å². The van der Waals surface area contributed by atoms with Crippen molar-refractivity contribution in [3.63, 3.8) is 0 Å². The minimum Gasteiger partial charge on any atom is -0.370 e. The van der Waals surface area contributed by atoms with Crippen molar-refractivity contribution >= 4 is 17.3 Å². The smallest absolute Gasteiger partial charge is 0.311 e. The maximum Gasteiger partial charge on any atom is 0.311 e. The number of aromatic nitrogens is 1. The fraction of sp³-hybridized carbons (Fsp3) is 0.643. The second-order valence-corrected chi connectivity index (χ2v) is 5.60. The van der Waals surface area contributed by atoms with E-state index in [9.17, 15) is 10.1 Å². The van der Waals surface area contributed by atoms with E-state index in [2.05, 4.69) is 36.1 Å². The molecule has 21 heavy (non-hydrogen) atoms. The largest absolute Gasteiger partial charge is 0.370 e. The lowest BCUT2D eigenvalue weighted by atomic mass is 10.1. The van der Waals surface area contributed by atoms with E-state index in [1.54, 1.807) is 6.07 Å². The highest BCUT2D eigenvalue weighted by atomic mass is 16.6. The summed E-state index contributed by atoms with van der Waals surface area (Å²) < 4.78 is 0. The number of hydrogen-bond acceptors (Lipinski definition) is 6. The molecule has 0 aliphatic carbocycles. The van der Waals surface area contributed by atoms with Gasteiger partial charge in [-0.15, -0.1) is 0 Å². The number of hydrogen-bond donors (Lipinski definition) is 1. The van der Waals surface area contributed by atoms with E-state index < -0.39 is 0 Å². The molecule has 1 saturated heterocycles. The Bertz CT molecular complexity index is 510. The molecule has 0 aromatic carbocycles. The first-order valence-electron chi connectivity index (χ1n) is 7.30. The van der Waals surface area contributed by atoms with Crippen LogP contribution < -0.4 is 10.2 Å². The molecule has 2 unspecified atom stereocenters. The highest BCUT2D eigenvalue weighted by Gasteiger charge is 2.31. The van der Waals surface area contributed by atoms with Crippen LogP contribution >= 0.6 is 0 Å². The predicted molar refractivity (Wildman–Crippen MR) is 84.0 cm³/mol. The minimum atomic E-state index is -0.355. The van der Waals surface area contributed by atoms with E-state index in [1.807, 2.05) is 11.8 Å². The third kappa shape index (κ3) is 3.24. The summed E-state index contributed by atoms with van der Waals surface area (Å²) in [7, 11) is 2.09. The van der Waals surface area contributed by atoms with E-state index >= 15 is 0 Å². The van der Waals surface area contributed by atoms with E-state index in [0.29, 0.717) is 23.7 Å². The summed E-state index contributed by atoms with van der Waals surface area (Å²) >= 11 is 0. The molecule has 1 aliphatic rings. The van der Waals surface area contributed by atoms with Crippen molar-refractivity contribution in [3.05, 3.63) is 22.2 Å². The highest BCUT2D eigenvalue weighted by Crippen LogP contribution is 2.30. The molecule has 1 aromatic heterocycles. The topological polar surface area (TPSA) is 74.5 Å². The van der Waals surface area contributed by atoms with E-state index in [4.69, 9.17) is 0 Å². The first-order chi connectivity index (χ1) is 9.93. The van der Waals surface area contributed by atoms with Crippen LogP contribution in [0.2, 0.25) is 0 Å². The van der Waals surface area contributed by atoms with Gasteiger partial charge in [0.25, 0.3) is 0 Å². The Morgan fingerprint density at radius 2 is 2.00 bits per heavy atom. The molecule has 0 radical (unpaired) electrons. The lowest BCUT2D eigenvalue weighted by Gasteiger charge is -2.42. The van der Waals surface area contributed by atoms with Crippen LogP contribution in [0.15, 0.2) is 12.1 Å². The first-order valence-corrected chi connectivity index (χ1v) is 7.30. The zero-order chi connectivity index (χ0) is 15.6. The van der Waals surface area contributed by atoms with Crippen molar-refractivity contribution in [1.82, 2.24) is 9.88 Å². The number of pyridine rings is 1. The van der Waals surface area contributed by atoms with Crippen LogP contribution in [0.4, 0.5) is 17.3 Å². The molecule has 0 bridgehead atoms. The number of nitro groups is 1. The molecule has 0 amide bonds. The van der Waals surface area contributed by atoms with Gasteiger partial charge in [-0.05, 0) is 33.9 Å². The molecule has 0 saturated carbocycles. The monoisotopic (exact) mass is 293 g/mol. The summed E-state index contributed by atoms with van der Waals surface area (Å²) in [5.41, 5.74) is 0.0700. The van der Waals surface area contributed by atoms with Gasteiger partial charge in [-0.1, -0.05) is 0 Å². The lowest BCUT2D eigenvalue weighted by Crippen LogP contribution is -2.55. The lowest BCUT2D eigenvalue weighted by molar-refractivity contribution is -0.384. The Morgan fingerprint density at radius 1 is 1.38 bits per heavy atom. The van der Waals surface area contributed by atoms with Crippen LogP contribution in [0, 0.1) is 10.1 Å². The van der Waals surface area contributed by atoms with E-state index in [-0.39, 0.29) is 10.6 Å². The van der Waals surface area contributed by atoms with Crippen molar-refractivity contribution in [3.8, 4) is 0 Å². The zero-order valence-corrected chi connectivity index (χ0v) is 13.0. The van der Waals surface area contributed by atoms with Gasteiger partial charge in [0.05, 0.1) is 4.92 Å². The molecular weight excluding hydrogens is 270 g/mol. The first kappa shape index (κ1) is 15.5.